The maximum atomic E-state index is 12.7. The zero-order valence-electron chi connectivity index (χ0n) is 9.82. The van der Waals surface area contributed by atoms with E-state index in [9.17, 15) is 31.1 Å². The van der Waals surface area contributed by atoms with Crippen molar-refractivity contribution >= 4 is 28.6 Å². The van der Waals surface area contributed by atoms with Gasteiger partial charge in [0, 0.05) is 3.57 Å². The number of halogens is 7. The van der Waals surface area contributed by atoms with Crippen LogP contribution in [0.15, 0.2) is 12.1 Å². The van der Waals surface area contributed by atoms with E-state index in [2.05, 4.69) is 4.74 Å². The van der Waals surface area contributed by atoms with Crippen molar-refractivity contribution in [1.29, 1.82) is 0 Å². The molecular formula is C11H7F6IO2. The second-order valence-electron chi connectivity index (χ2n) is 3.75. The van der Waals surface area contributed by atoms with Crippen LogP contribution in [0.4, 0.5) is 26.3 Å². The van der Waals surface area contributed by atoms with Crippen LogP contribution in [0.5, 0.6) is 0 Å². The summed E-state index contributed by atoms with van der Waals surface area (Å²) in [5, 5.41) is 0. The van der Waals surface area contributed by atoms with Crippen LogP contribution in [0.25, 0.3) is 0 Å². The number of hydrogen-bond donors (Lipinski definition) is 0. The summed E-state index contributed by atoms with van der Waals surface area (Å²) in [6, 6.07) is 0.552. The number of rotatable bonds is 2. The Hall–Kier alpha value is -1.00. The lowest BCUT2D eigenvalue weighted by Crippen LogP contribution is -2.16. The van der Waals surface area contributed by atoms with E-state index in [1.54, 1.807) is 0 Å². The Morgan fingerprint density at radius 2 is 1.70 bits per heavy atom. The molecular weight excluding hydrogens is 405 g/mol. The summed E-state index contributed by atoms with van der Waals surface area (Å²) < 4.78 is 79.8. The van der Waals surface area contributed by atoms with Gasteiger partial charge in [0.05, 0.1) is 24.7 Å². The van der Waals surface area contributed by atoms with Gasteiger partial charge in [-0.05, 0) is 40.3 Å². The molecule has 0 heterocycles. The van der Waals surface area contributed by atoms with Gasteiger partial charge >= 0.3 is 18.3 Å². The summed E-state index contributed by atoms with van der Waals surface area (Å²) in [5.74, 6) is -0.921. The molecule has 0 radical (unpaired) electrons. The summed E-state index contributed by atoms with van der Waals surface area (Å²) in [6.45, 7) is 0. The quantitative estimate of drug-likeness (QED) is 0.417. The van der Waals surface area contributed by atoms with Crippen molar-refractivity contribution in [3.05, 3.63) is 32.4 Å². The molecule has 0 saturated heterocycles. The Labute approximate surface area is 123 Å². The summed E-state index contributed by atoms with van der Waals surface area (Å²) >= 11 is 1.27. The van der Waals surface area contributed by atoms with Gasteiger partial charge in [-0.2, -0.15) is 26.3 Å². The average Bonchev–Trinajstić information content (AvgIpc) is 2.28. The van der Waals surface area contributed by atoms with Crippen molar-refractivity contribution < 1.29 is 35.9 Å². The standard InChI is InChI=1S/C11H7F6IO2/c1-20-8(19)3-5-2-6(10(12,13)14)4-7(9(5)18)11(15,16)17/h2,4H,3H2,1H3. The lowest BCUT2D eigenvalue weighted by Gasteiger charge is -2.16. The molecule has 1 aromatic rings. The van der Waals surface area contributed by atoms with Crippen LogP contribution in [0.3, 0.4) is 0 Å². The molecule has 0 aliphatic rings. The SMILES string of the molecule is COC(=O)Cc1cc(C(F)(F)F)cc(C(F)(F)F)c1I. The third-order valence-corrected chi connectivity index (χ3v) is 3.62. The van der Waals surface area contributed by atoms with Crippen molar-refractivity contribution in [2.75, 3.05) is 7.11 Å². The highest BCUT2D eigenvalue weighted by Gasteiger charge is 2.39. The fourth-order valence-electron chi connectivity index (χ4n) is 1.41. The molecule has 2 nitrogen and oxygen atoms in total. The van der Waals surface area contributed by atoms with Crippen molar-refractivity contribution in [3.8, 4) is 0 Å². The van der Waals surface area contributed by atoms with E-state index in [4.69, 9.17) is 0 Å². The van der Waals surface area contributed by atoms with Crippen LogP contribution in [-0.2, 0) is 28.3 Å². The molecule has 0 aliphatic carbocycles. The van der Waals surface area contributed by atoms with Crippen molar-refractivity contribution in [1.82, 2.24) is 0 Å². The minimum absolute atomic E-state index is 0.0303. The van der Waals surface area contributed by atoms with Gasteiger partial charge in [-0.1, -0.05) is 0 Å². The molecule has 0 fully saturated rings. The second kappa shape index (κ2) is 5.78. The normalized spacial score (nSPS) is 12.4. The van der Waals surface area contributed by atoms with Crippen LogP contribution in [0.1, 0.15) is 16.7 Å². The molecule has 1 aromatic carbocycles. The zero-order valence-corrected chi connectivity index (χ0v) is 12.0. The lowest BCUT2D eigenvalue weighted by atomic mass is 10.0. The van der Waals surface area contributed by atoms with E-state index in [0.717, 1.165) is 7.11 Å². The summed E-state index contributed by atoms with van der Waals surface area (Å²) in [6.07, 6.45) is -10.5. The van der Waals surface area contributed by atoms with Gasteiger partial charge in [-0.25, -0.2) is 0 Å². The highest BCUT2D eigenvalue weighted by atomic mass is 127. The monoisotopic (exact) mass is 412 g/mol. The van der Waals surface area contributed by atoms with E-state index >= 15 is 0 Å². The maximum absolute atomic E-state index is 12.7. The summed E-state index contributed by atoms with van der Waals surface area (Å²) in [4.78, 5) is 11.1. The Kier molecular flexibility index (Phi) is 4.93. The van der Waals surface area contributed by atoms with E-state index in [1.807, 2.05) is 0 Å². The van der Waals surface area contributed by atoms with E-state index in [0.29, 0.717) is 6.07 Å². The molecule has 0 bridgehead atoms. The smallest absolute Gasteiger partial charge is 0.417 e. The largest absolute Gasteiger partial charge is 0.469 e. The first-order chi connectivity index (χ1) is 8.96. The fourth-order valence-corrected chi connectivity index (χ4v) is 2.22. The molecule has 0 unspecified atom stereocenters. The Morgan fingerprint density at radius 3 is 2.10 bits per heavy atom. The predicted octanol–water partition coefficient (Wildman–Crippen LogP) is 4.04. The Bertz CT molecular complexity index is 521. The van der Waals surface area contributed by atoms with E-state index in [1.165, 1.54) is 22.6 Å². The molecule has 9 heteroatoms. The minimum Gasteiger partial charge on any atom is -0.469 e. The number of hydrogen-bond acceptors (Lipinski definition) is 2. The van der Waals surface area contributed by atoms with Gasteiger partial charge in [-0.15, -0.1) is 0 Å². The molecule has 0 saturated carbocycles. The number of methoxy groups -OCH3 is 1. The molecule has 1 rings (SSSR count). The molecule has 112 valence electrons. The first kappa shape index (κ1) is 17.1. The highest BCUT2D eigenvalue weighted by Crippen LogP contribution is 2.39. The van der Waals surface area contributed by atoms with Crippen LogP contribution in [0.2, 0.25) is 0 Å². The first-order valence-corrected chi connectivity index (χ1v) is 6.08. The predicted molar refractivity (Wildman–Crippen MR) is 64.9 cm³/mol. The number of benzene rings is 1. The van der Waals surface area contributed by atoms with Crippen LogP contribution >= 0.6 is 22.6 Å². The fraction of sp³-hybridized carbons (Fsp3) is 0.364. The number of carbonyl (C=O) groups is 1. The molecule has 0 aromatic heterocycles. The zero-order chi connectivity index (χ0) is 15.7. The third kappa shape index (κ3) is 4.00. The van der Waals surface area contributed by atoms with Gasteiger partial charge in [0.2, 0.25) is 0 Å². The number of esters is 1. The third-order valence-electron chi connectivity index (χ3n) is 2.34. The van der Waals surface area contributed by atoms with Gasteiger partial charge in [0.15, 0.2) is 0 Å². The Morgan fingerprint density at radius 1 is 1.15 bits per heavy atom. The van der Waals surface area contributed by atoms with Gasteiger partial charge in [-0.3, -0.25) is 4.79 Å². The molecule has 0 amide bonds. The second-order valence-corrected chi connectivity index (χ2v) is 4.82. The van der Waals surface area contributed by atoms with Crippen LogP contribution in [-0.4, -0.2) is 13.1 Å². The summed E-state index contributed by atoms with van der Waals surface area (Å²) in [7, 11) is 0.994. The molecule has 0 aliphatic heterocycles. The molecule has 20 heavy (non-hydrogen) atoms. The van der Waals surface area contributed by atoms with E-state index in [-0.39, 0.29) is 11.6 Å². The number of ether oxygens (including phenoxy) is 1. The molecule has 0 atom stereocenters. The number of carbonyl (C=O) groups excluding carboxylic acids is 1. The highest BCUT2D eigenvalue weighted by molar-refractivity contribution is 14.1. The van der Waals surface area contributed by atoms with Crippen molar-refractivity contribution in [2.24, 2.45) is 0 Å². The maximum Gasteiger partial charge on any atom is 0.417 e. The molecule has 0 N–H and O–H groups in total. The first-order valence-electron chi connectivity index (χ1n) is 5.00. The summed E-state index contributed by atoms with van der Waals surface area (Å²) in [5.41, 5.74) is -3.25. The van der Waals surface area contributed by atoms with Gasteiger partial charge in [0.1, 0.15) is 0 Å². The van der Waals surface area contributed by atoms with Crippen molar-refractivity contribution in [2.45, 2.75) is 18.8 Å². The minimum atomic E-state index is -4.94. The van der Waals surface area contributed by atoms with E-state index < -0.39 is 39.4 Å². The van der Waals surface area contributed by atoms with Gasteiger partial charge in [0.25, 0.3) is 0 Å². The van der Waals surface area contributed by atoms with Gasteiger partial charge < -0.3 is 4.74 Å². The average molecular weight is 412 g/mol. The van der Waals surface area contributed by atoms with Crippen molar-refractivity contribution in [3.63, 3.8) is 0 Å². The van der Waals surface area contributed by atoms with Crippen LogP contribution in [0, 0.1) is 3.57 Å². The number of alkyl halides is 6. The lowest BCUT2D eigenvalue weighted by molar-refractivity contribution is -0.144. The van der Waals surface area contributed by atoms with Crippen LogP contribution < -0.4 is 0 Å². The topological polar surface area (TPSA) is 26.3 Å². The molecule has 0 spiro atoms. The Balaban J connectivity index is 3.47.